The number of anilines is 2. The van der Waals surface area contributed by atoms with Gasteiger partial charge in [0.2, 0.25) is 5.91 Å². The molecular formula is C34H30ClF4N5O4. The number of hydrogen-bond donors (Lipinski definition) is 1. The number of hydrogen-bond acceptors (Lipinski definition) is 6. The molecule has 1 aliphatic heterocycles. The number of carbonyl (C=O) groups is 3. The average Bonchev–Trinajstić information content (AvgIpc) is 3.66. The molecule has 250 valence electrons. The van der Waals surface area contributed by atoms with E-state index in [2.05, 4.69) is 10.3 Å². The zero-order chi connectivity index (χ0) is 34.2. The van der Waals surface area contributed by atoms with E-state index in [4.69, 9.17) is 16.3 Å². The quantitative estimate of drug-likeness (QED) is 0.277. The minimum absolute atomic E-state index is 0.0106. The molecule has 0 radical (unpaired) electrons. The number of ether oxygens (including phenoxy) is 1. The molecule has 3 amide bonds. The Morgan fingerprint density at radius 3 is 2.42 bits per heavy atom. The second-order valence-corrected chi connectivity index (χ2v) is 12.6. The molecule has 14 heteroatoms. The van der Waals surface area contributed by atoms with Crippen molar-refractivity contribution in [2.24, 2.45) is 0 Å². The maximum absolute atomic E-state index is 14.9. The van der Waals surface area contributed by atoms with E-state index in [1.165, 1.54) is 36.5 Å². The third-order valence-corrected chi connectivity index (χ3v) is 9.18. The second-order valence-electron chi connectivity index (χ2n) is 12.2. The third kappa shape index (κ3) is 6.86. The van der Waals surface area contributed by atoms with Crippen molar-refractivity contribution in [3.05, 3.63) is 88.6 Å². The van der Waals surface area contributed by atoms with Crippen molar-refractivity contribution in [2.45, 2.75) is 81.2 Å². The van der Waals surface area contributed by atoms with Crippen molar-refractivity contribution >= 4 is 40.8 Å². The van der Waals surface area contributed by atoms with Crippen molar-refractivity contribution in [1.82, 2.24) is 10.3 Å². The minimum Gasteiger partial charge on any atom is -0.365 e. The van der Waals surface area contributed by atoms with Crippen LogP contribution in [0.2, 0.25) is 5.02 Å². The fourth-order valence-corrected chi connectivity index (χ4v) is 6.81. The van der Waals surface area contributed by atoms with Gasteiger partial charge in [0.25, 0.3) is 17.7 Å². The Balaban J connectivity index is 1.47. The van der Waals surface area contributed by atoms with E-state index in [-0.39, 0.29) is 40.2 Å². The summed E-state index contributed by atoms with van der Waals surface area (Å²) < 4.78 is 63.3. The van der Waals surface area contributed by atoms with Gasteiger partial charge in [0.1, 0.15) is 35.6 Å². The van der Waals surface area contributed by atoms with Crippen molar-refractivity contribution in [3.8, 4) is 6.07 Å². The molecule has 1 aromatic heterocycles. The van der Waals surface area contributed by atoms with Gasteiger partial charge in [-0.1, -0.05) is 42.6 Å². The first-order valence-corrected chi connectivity index (χ1v) is 15.9. The van der Waals surface area contributed by atoms with Crippen LogP contribution in [0, 0.1) is 23.0 Å². The average molecular weight is 684 g/mol. The number of nitrogens with zero attached hydrogens (tertiary/aromatic N) is 4. The molecule has 2 saturated carbocycles. The van der Waals surface area contributed by atoms with Crippen molar-refractivity contribution in [3.63, 3.8) is 0 Å². The SMILES string of the molecule is N#Cc1ccnc(N2C(=O)[C@@H](OC3CCCC3)C[C@H]2C(=O)N(c2cc(F)cc(F)c2)[C@H](C(=O)NC2CC(F)(F)C2)c2ccccc2Cl)c1. The van der Waals surface area contributed by atoms with Gasteiger partial charge in [0.05, 0.1) is 23.4 Å². The van der Waals surface area contributed by atoms with E-state index in [0.29, 0.717) is 18.9 Å². The Morgan fingerprint density at radius 1 is 1.08 bits per heavy atom. The van der Waals surface area contributed by atoms with Crippen molar-refractivity contribution < 1.29 is 36.7 Å². The number of nitrogens with one attached hydrogen (secondary N) is 1. The molecule has 0 bridgehead atoms. The molecular weight excluding hydrogens is 654 g/mol. The first-order chi connectivity index (χ1) is 22.9. The zero-order valence-corrected chi connectivity index (χ0v) is 26.2. The summed E-state index contributed by atoms with van der Waals surface area (Å²) in [5.74, 6) is -7.66. The summed E-state index contributed by atoms with van der Waals surface area (Å²) >= 11 is 6.54. The van der Waals surface area contributed by atoms with Crippen LogP contribution in [-0.4, -0.2) is 52.9 Å². The number of carbonyl (C=O) groups excluding carboxylic acids is 3. The topological polar surface area (TPSA) is 116 Å². The van der Waals surface area contributed by atoms with Gasteiger partial charge in [-0.3, -0.25) is 24.2 Å². The smallest absolute Gasteiger partial charge is 0.258 e. The van der Waals surface area contributed by atoms with E-state index in [1.807, 2.05) is 6.07 Å². The Hall–Kier alpha value is -4.54. The predicted octanol–water partition coefficient (Wildman–Crippen LogP) is 6.01. The number of nitriles is 1. The summed E-state index contributed by atoms with van der Waals surface area (Å²) in [5.41, 5.74) is -0.198. The van der Waals surface area contributed by atoms with Crippen LogP contribution in [0.5, 0.6) is 0 Å². The number of halogens is 5. The summed E-state index contributed by atoms with van der Waals surface area (Å²) in [6, 6.07) is 8.86. The van der Waals surface area contributed by atoms with Crippen LogP contribution in [0.15, 0.2) is 60.8 Å². The number of alkyl halides is 2. The highest BCUT2D eigenvalue weighted by Crippen LogP contribution is 2.40. The molecule has 6 rings (SSSR count). The normalized spacial score (nSPS) is 21.4. The predicted molar refractivity (Wildman–Crippen MR) is 166 cm³/mol. The van der Waals surface area contributed by atoms with Gasteiger partial charge in [0, 0.05) is 48.2 Å². The van der Waals surface area contributed by atoms with Gasteiger partial charge in [0.15, 0.2) is 0 Å². The largest absolute Gasteiger partial charge is 0.365 e. The molecule has 48 heavy (non-hydrogen) atoms. The first-order valence-electron chi connectivity index (χ1n) is 15.5. The summed E-state index contributed by atoms with van der Waals surface area (Å²) in [5, 5.41) is 12.1. The maximum Gasteiger partial charge on any atom is 0.258 e. The van der Waals surface area contributed by atoms with E-state index < -0.39 is 72.3 Å². The monoisotopic (exact) mass is 683 g/mol. The lowest BCUT2D eigenvalue weighted by Crippen LogP contribution is -2.56. The molecule has 9 nitrogen and oxygen atoms in total. The molecule has 3 atom stereocenters. The first kappa shape index (κ1) is 33.4. The summed E-state index contributed by atoms with van der Waals surface area (Å²) in [7, 11) is 0. The van der Waals surface area contributed by atoms with Gasteiger partial charge >= 0.3 is 0 Å². The molecule has 3 aromatic rings. The Labute approximate surface area is 278 Å². The summed E-state index contributed by atoms with van der Waals surface area (Å²) in [4.78, 5) is 49.1. The Kier molecular flexibility index (Phi) is 9.40. The van der Waals surface area contributed by atoms with Gasteiger partial charge in [-0.2, -0.15) is 5.26 Å². The molecule has 1 N–H and O–H groups in total. The highest BCUT2D eigenvalue weighted by Gasteiger charge is 2.51. The van der Waals surface area contributed by atoms with Crippen LogP contribution < -0.4 is 15.1 Å². The van der Waals surface area contributed by atoms with E-state index in [9.17, 15) is 37.2 Å². The van der Waals surface area contributed by atoms with Crippen LogP contribution in [0.4, 0.5) is 29.1 Å². The molecule has 1 saturated heterocycles. The van der Waals surface area contributed by atoms with Gasteiger partial charge in [-0.05, 0) is 43.2 Å². The summed E-state index contributed by atoms with van der Waals surface area (Å²) in [6.07, 6.45) is 1.71. The van der Waals surface area contributed by atoms with Crippen LogP contribution >= 0.6 is 11.6 Å². The van der Waals surface area contributed by atoms with Gasteiger partial charge < -0.3 is 10.1 Å². The van der Waals surface area contributed by atoms with E-state index in [1.54, 1.807) is 6.07 Å². The zero-order valence-electron chi connectivity index (χ0n) is 25.4. The second kappa shape index (κ2) is 13.5. The molecule has 2 aliphatic carbocycles. The lowest BCUT2D eigenvalue weighted by Gasteiger charge is -2.39. The fourth-order valence-electron chi connectivity index (χ4n) is 6.57. The summed E-state index contributed by atoms with van der Waals surface area (Å²) in [6.45, 7) is 0. The molecule has 3 aliphatic rings. The number of benzene rings is 2. The van der Waals surface area contributed by atoms with Gasteiger partial charge in [-0.15, -0.1) is 0 Å². The molecule has 2 heterocycles. The molecule has 3 fully saturated rings. The lowest BCUT2D eigenvalue weighted by atomic mass is 9.87. The maximum atomic E-state index is 14.9. The highest BCUT2D eigenvalue weighted by molar-refractivity contribution is 6.31. The van der Waals surface area contributed by atoms with Crippen LogP contribution in [0.1, 0.15) is 62.1 Å². The van der Waals surface area contributed by atoms with Crippen molar-refractivity contribution in [1.29, 1.82) is 5.26 Å². The molecule has 0 spiro atoms. The van der Waals surface area contributed by atoms with E-state index in [0.717, 1.165) is 34.8 Å². The highest BCUT2D eigenvalue weighted by atomic mass is 35.5. The van der Waals surface area contributed by atoms with Crippen LogP contribution in [0.25, 0.3) is 0 Å². The van der Waals surface area contributed by atoms with Crippen LogP contribution in [0.3, 0.4) is 0 Å². The fraction of sp³-hybridized carbons (Fsp3) is 0.382. The number of pyridine rings is 1. The molecule has 0 unspecified atom stereocenters. The number of aromatic nitrogens is 1. The van der Waals surface area contributed by atoms with E-state index >= 15 is 0 Å². The number of rotatable bonds is 9. The Morgan fingerprint density at radius 2 is 1.77 bits per heavy atom. The third-order valence-electron chi connectivity index (χ3n) is 8.83. The lowest BCUT2D eigenvalue weighted by molar-refractivity contribution is -0.133. The Bertz CT molecular complexity index is 1750. The van der Waals surface area contributed by atoms with Crippen LogP contribution in [-0.2, 0) is 19.1 Å². The van der Waals surface area contributed by atoms with Crippen molar-refractivity contribution in [2.75, 3.05) is 9.80 Å². The minimum atomic E-state index is -2.98. The molecule has 2 aromatic carbocycles. The van der Waals surface area contributed by atoms with Gasteiger partial charge in [-0.25, -0.2) is 22.5 Å². The standard InChI is InChI=1S/C34H30ClF4N5O4/c35-26-8-4-3-7-25(26)30(31(45)42-22-16-34(38,39)17-22)43(23-13-20(36)12-21(37)14-23)32(46)27-15-28(48-24-5-1-2-6-24)33(47)44(27)29-11-19(18-40)9-10-41-29/h3-4,7-14,22,24,27-28,30H,1-2,5-6,15-17H2,(H,42,45)/t27-,28-,30-/m0/s1. The number of amides is 3.